The number of primary amides is 1. The van der Waals surface area contributed by atoms with Crippen molar-refractivity contribution in [3.8, 4) is 0 Å². The Hall–Kier alpha value is -1.40. The first-order valence-electron chi connectivity index (χ1n) is 5.55. The Kier molecular flexibility index (Phi) is 3.75. The summed E-state index contributed by atoms with van der Waals surface area (Å²) in [5.41, 5.74) is 5.70. The van der Waals surface area contributed by atoms with Gasteiger partial charge in [-0.1, -0.05) is 0 Å². The lowest BCUT2D eigenvalue weighted by molar-refractivity contribution is -0.124. The van der Waals surface area contributed by atoms with Crippen LogP contribution in [0.1, 0.15) is 28.1 Å². The summed E-state index contributed by atoms with van der Waals surface area (Å²) in [6.07, 6.45) is 1.86. The monoisotopic (exact) mass is 253 g/mol. The Morgan fingerprint density at radius 1 is 1.65 bits per heavy atom. The quantitative estimate of drug-likeness (QED) is 0.717. The Morgan fingerprint density at radius 2 is 2.47 bits per heavy atom. The van der Waals surface area contributed by atoms with Gasteiger partial charge in [0.25, 0.3) is 0 Å². The standard InChI is InChI=1S/C11H15N3O2S/c12-10(15)7-4-8(17-6-7)5-14-9-2-1-3-13-11(9)16/h4,6,9,14H,1-3,5H2,(H2,12,15)(H,13,16). The zero-order valence-electron chi connectivity index (χ0n) is 9.36. The van der Waals surface area contributed by atoms with Gasteiger partial charge in [0.1, 0.15) is 0 Å². The van der Waals surface area contributed by atoms with Gasteiger partial charge in [-0.15, -0.1) is 11.3 Å². The molecule has 4 N–H and O–H groups in total. The van der Waals surface area contributed by atoms with Crippen molar-refractivity contribution in [2.45, 2.75) is 25.4 Å². The summed E-state index contributed by atoms with van der Waals surface area (Å²) in [6.45, 7) is 1.36. The second-order valence-corrected chi connectivity index (χ2v) is 5.03. The van der Waals surface area contributed by atoms with Gasteiger partial charge < -0.3 is 16.4 Å². The van der Waals surface area contributed by atoms with Gasteiger partial charge in [0.05, 0.1) is 11.6 Å². The first kappa shape index (κ1) is 12.1. The Bertz CT molecular complexity index is 430. The van der Waals surface area contributed by atoms with Crippen molar-refractivity contribution < 1.29 is 9.59 Å². The van der Waals surface area contributed by atoms with Gasteiger partial charge in [-0.2, -0.15) is 0 Å². The average molecular weight is 253 g/mol. The van der Waals surface area contributed by atoms with Crippen LogP contribution in [0.5, 0.6) is 0 Å². The molecule has 1 aliphatic heterocycles. The molecule has 1 unspecified atom stereocenters. The first-order chi connectivity index (χ1) is 8.16. The van der Waals surface area contributed by atoms with E-state index < -0.39 is 5.91 Å². The van der Waals surface area contributed by atoms with E-state index in [2.05, 4.69) is 10.6 Å². The number of amides is 2. The largest absolute Gasteiger partial charge is 0.366 e. The normalized spacial score (nSPS) is 20.0. The summed E-state index contributed by atoms with van der Waals surface area (Å²) in [7, 11) is 0. The molecule has 1 saturated heterocycles. The molecule has 6 heteroatoms. The predicted octanol–water partition coefficient (Wildman–Crippen LogP) is 0.215. The molecule has 1 atom stereocenters. The molecule has 1 aromatic rings. The van der Waals surface area contributed by atoms with Crippen LogP contribution in [0.3, 0.4) is 0 Å². The first-order valence-corrected chi connectivity index (χ1v) is 6.43. The average Bonchev–Trinajstić information content (AvgIpc) is 2.77. The fourth-order valence-corrected chi connectivity index (χ4v) is 2.62. The molecule has 2 heterocycles. The number of hydrogen-bond acceptors (Lipinski definition) is 4. The summed E-state index contributed by atoms with van der Waals surface area (Å²) >= 11 is 1.47. The molecule has 92 valence electrons. The van der Waals surface area contributed by atoms with Gasteiger partial charge in [-0.05, 0) is 18.9 Å². The van der Waals surface area contributed by atoms with Crippen molar-refractivity contribution in [3.63, 3.8) is 0 Å². The van der Waals surface area contributed by atoms with E-state index in [1.807, 2.05) is 0 Å². The van der Waals surface area contributed by atoms with Crippen LogP contribution >= 0.6 is 11.3 Å². The van der Waals surface area contributed by atoms with Gasteiger partial charge in [-0.3, -0.25) is 9.59 Å². The summed E-state index contributed by atoms with van der Waals surface area (Å²) in [5, 5.41) is 7.74. The molecule has 0 aromatic carbocycles. The van der Waals surface area contributed by atoms with Crippen LogP contribution in [0.2, 0.25) is 0 Å². The van der Waals surface area contributed by atoms with E-state index in [1.54, 1.807) is 11.4 Å². The molecule has 5 nitrogen and oxygen atoms in total. The lowest BCUT2D eigenvalue weighted by Crippen LogP contribution is -2.47. The molecule has 0 spiro atoms. The molecular formula is C11H15N3O2S. The molecule has 0 bridgehead atoms. The number of carbonyl (C=O) groups excluding carboxylic acids is 2. The van der Waals surface area contributed by atoms with E-state index in [0.29, 0.717) is 12.1 Å². The maximum atomic E-state index is 11.5. The number of carbonyl (C=O) groups is 2. The summed E-state index contributed by atoms with van der Waals surface area (Å²) in [4.78, 5) is 23.4. The van der Waals surface area contributed by atoms with Crippen LogP contribution < -0.4 is 16.4 Å². The number of nitrogens with one attached hydrogen (secondary N) is 2. The molecular weight excluding hydrogens is 238 g/mol. The van der Waals surface area contributed by atoms with E-state index >= 15 is 0 Å². The van der Waals surface area contributed by atoms with Crippen molar-refractivity contribution >= 4 is 23.2 Å². The summed E-state index contributed by atoms with van der Waals surface area (Å²) in [6, 6.07) is 1.64. The zero-order chi connectivity index (χ0) is 12.3. The molecule has 1 aliphatic rings. The van der Waals surface area contributed by atoms with Gasteiger partial charge >= 0.3 is 0 Å². The van der Waals surface area contributed by atoms with Crippen molar-refractivity contribution in [1.29, 1.82) is 0 Å². The molecule has 0 aliphatic carbocycles. The maximum Gasteiger partial charge on any atom is 0.249 e. The number of hydrogen-bond donors (Lipinski definition) is 3. The lowest BCUT2D eigenvalue weighted by Gasteiger charge is -2.22. The minimum atomic E-state index is -0.414. The van der Waals surface area contributed by atoms with E-state index in [1.165, 1.54) is 11.3 Å². The molecule has 0 saturated carbocycles. The Labute approximate surface area is 103 Å². The zero-order valence-corrected chi connectivity index (χ0v) is 10.2. The summed E-state index contributed by atoms with van der Waals surface area (Å²) in [5.74, 6) is -0.356. The van der Waals surface area contributed by atoms with Gasteiger partial charge in [0.15, 0.2) is 0 Å². The number of rotatable bonds is 4. The fraction of sp³-hybridized carbons (Fsp3) is 0.455. The third-order valence-corrected chi connectivity index (χ3v) is 3.68. The van der Waals surface area contributed by atoms with E-state index in [4.69, 9.17) is 5.73 Å². The Morgan fingerprint density at radius 3 is 3.12 bits per heavy atom. The van der Waals surface area contributed by atoms with E-state index in [0.717, 1.165) is 24.3 Å². The molecule has 2 rings (SSSR count). The summed E-state index contributed by atoms with van der Waals surface area (Å²) < 4.78 is 0. The van der Waals surface area contributed by atoms with Gasteiger partial charge in [0, 0.05) is 23.3 Å². The highest BCUT2D eigenvalue weighted by Crippen LogP contribution is 2.14. The molecule has 0 radical (unpaired) electrons. The van der Waals surface area contributed by atoms with Crippen LogP contribution in [-0.2, 0) is 11.3 Å². The molecule has 17 heavy (non-hydrogen) atoms. The van der Waals surface area contributed by atoms with E-state index in [-0.39, 0.29) is 11.9 Å². The highest BCUT2D eigenvalue weighted by atomic mass is 32.1. The smallest absolute Gasteiger partial charge is 0.249 e. The van der Waals surface area contributed by atoms with Crippen LogP contribution in [0, 0.1) is 0 Å². The minimum absolute atomic E-state index is 0.0583. The molecule has 1 aromatic heterocycles. The third kappa shape index (κ3) is 3.04. The topological polar surface area (TPSA) is 84.2 Å². The minimum Gasteiger partial charge on any atom is -0.366 e. The van der Waals surface area contributed by atoms with Crippen molar-refractivity contribution in [1.82, 2.24) is 10.6 Å². The number of thiophene rings is 1. The van der Waals surface area contributed by atoms with Crippen molar-refractivity contribution in [2.75, 3.05) is 6.54 Å². The van der Waals surface area contributed by atoms with Gasteiger partial charge in [0.2, 0.25) is 11.8 Å². The predicted molar refractivity (Wildman–Crippen MR) is 65.7 cm³/mol. The van der Waals surface area contributed by atoms with Gasteiger partial charge in [-0.25, -0.2) is 0 Å². The third-order valence-electron chi connectivity index (χ3n) is 2.75. The van der Waals surface area contributed by atoms with Crippen LogP contribution in [0.25, 0.3) is 0 Å². The highest BCUT2D eigenvalue weighted by molar-refractivity contribution is 7.10. The van der Waals surface area contributed by atoms with Crippen molar-refractivity contribution in [2.24, 2.45) is 5.73 Å². The SMILES string of the molecule is NC(=O)c1csc(CNC2CCCNC2=O)c1. The number of nitrogens with two attached hydrogens (primary N) is 1. The maximum absolute atomic E-state index is 11.5. The van der Waals surface area contributed by atoms with Crippen molar-refractivity contribution in [3.05, 3.63) is 21.9 Å². The molecule has 1 fully saturated rings. The highest BCUT2D eigenvalue weighted by Gasteiger charge is 2.21. The van der Waals surface area contributed by atoms with Crippen LogP contribution in [0.4, 0.5) is 0 Å². The van der Waals surface area contributed by atoms with E-state index in [9.17, 15) is 9.59 Å². The number of piperidine rings is 1. The van der Waals surface area contributed by atoms with Crippen LogP contribution in [-0.4, -0.2) is 24.4 Å². The second kappa shape index (κ2) is 5.29. The fourth-order valence-electron chi connectivity index (χ4n) is 1.79. The Balaban J connectivity index is 1.88. The molecule has 2 amide bonds. The van der Waals surface area contributed by atoms with Crippen LogP contribution in [0.15, 0.2) is 11.4 Å². The lowest BCUT2D eigenvalue weighted by atomic mass is 10.1. The second-order valence-electron chi connectivity index (χ2n) is 4.03.